The molecule has 2 aromatic carbocycles. The average molecular weight is 372 g/mol. The molecule has 0 saturated heterocycles. The number of para-hydroxylation sites is 1. The predicted octanol–water partition coefficient (Wildman–Crippen LogP) is 4.14. The number of hydrogen-bond donors (Lipinski definition) is 2. The lowest BCUT2D eigenvalue weighted by Crippen LogP contribution is -2.43. The average Bonchev–Trinajstić information content (AvgIpc) is 2.67. The summed E-state index contributed by atoms with van der Waals surface area (Å²) in [4.78, 5) is 25.7. The minimum absolute atomic E-state index is 0.0893. The van der Waals surface area contributed by atoms with Crippen LogP contribution in [0.5, 0.6) is 0 Å². The monoisotopic (exact) mass is 372 g/mol. The Morgan fingerprint density at radius 1 is 1.11 bits per heavy atom. The number of nitrogens with one attached hydrogen (secondary N) is 2. The summed E-state index contributed by atoms with van der Waals surface area (Å²) in [6.45, 7) is 6.03. The maximum absolute atomic E-state index is 12.9. The van der Waals surface area contributed by atoms with Gasteiger partial charge in [-0.25, -0.2) is 0 Å². The highest BCUT2D eigenvalue weighted by Gasteiger charge is 2.35. The molecule has 0 bridgehead atoms. The van der Waals surface area contributed by atoms with Crippen LogP contribution in [0.4, 0.5) is 5.69 Å². The first kappa shape index (κ1) is 18.2. The molecule has 1 aliphatic carbocycles. The maximum Gasteiger partial charge on any atom is 0.251 e. The Hall–Kier alpha value is -3.14. The first-order valence-electron chi connectivity index (χ1n) is 9.54. The van der Waals surface area contributed by atoms with Gasteiger partial charge in [0.05, 0.1) is 17.5 Å². The Balaban J connectivity index is 1.55. The number of anilines is 1. The third-order valence-electron chi connectivity index (χ3n) is 5.47. The number of Topliss-reactive ketones (excluding diaryl/α,β-unsaturated/α-hetero) is 1. The van der Waals surface area contributed by atoms with E-state index in [0.29, 0.717) is 11.1 Å². The molecule has 0 aromatic heterocycles. The fraction of sp³-hybridized carbons (Fsp3) is 0.250. The smallest absolute Gasteiger partial charge is 0.251 e. The molecule has 1 heterocycles. The van der Waals surface area contributed by atoms with Gasteiger partial charge in [-0.3, -0.25) is 9.59 Å². The van der Waals surface area contributed by atoms with Gasteiger partial charge < -0.3 is 10.6 Å². The number of carbonyl (C=O) groups excluding carboxylic acids is 2. The fourth-order valence-electron chi connectivity index (χ4n) is 3.86. The predicted molar refractivity (Wildman–Crippen MR) is 111 cm³/mol. The van der Waals surface area contributed by atoms with Crippen molar-refractivity contribution in [2.75, 3.05) is 5.32 Å². The van der Waals surface area contributed by atoms with Gasteiger partial charge in [-0.2, -0.15) is 0 Å². The second-order valence-electron chi connectivity index (χ2n) is 8.04. The van der Waals surface area contributed by atoms with Crippen molar-refractivity contribution in [3.8, 4) is 0 Å². The molecule has 2 atom stereocenters. The van der Waals surface area contributed by atoms with Gasteiger partial charge in [0.1, 0.15) is 0 Å². The highest BCUT2D eigenvalue weighted by molar-refractivity contribution is 6.07. The fourth-order valence-corrected chi connectivity index (χ4v) is 3.86. The van der Waals surface area contributed by atoms with Crippen molar-refractivity contribution >= 4 is 17.4 Å². The Labute approximate surface area is 165 Å². The quantitative estimate of drug-likeness (QED) is 0.851. The number of benzene rings is 2. The van der Waals surface area contributed by atoms with Gasteiger partial charge in [-0.05, 0) is 44.5 Å². The van der Waals surface area contributed by atoms with E-state index in [-0.39, 0.29) is 23.7 Å². The Morgan fingerprint density at radius 2 is 1.89 bits per heavy atom. The molecule has 1 aliphatic heterocycles. The molecule has 4 rings (SSSR count). The summed E-state index contributed by atoms with van der Waals surface area (Å²) in [6.07, 6.45) is 5.46. The molecule has 0 fully saturated rings. The van der Waals surface area contributed by atoms with Crippen molar-refractivity contribution < 1.29 is 9.59 Å². The lowest BCUT2D eigenvalue weighted by atomic mass is 9.81. The SMILES string of the molecule is Cc1cccc(C(C)(C)NC(=O)C2=CC3Nc4ccccc4C(=O)C3C=C2)c1. The van der Waals surface area contributed by atoms with Crippen LogP contribution >= 0.6 is 0 Å². The van der Waals surface area contributed by atoms with Gasteiger partial charge in [0.15, 0.2) is 5.78 Å². The van der Waals surface area contributed by atoms with Crippen LogP contribution in [0, 0.1) is 12.8 Å². The lowest BCUT2D eigenvalue weighted by molar-refractivity contribution is -0.118. The largest absolute Gasteiger partial charge is 0.377 e. The van der Waals surface area contributed by atoms with Gasteiger partial charge >= 0.3 is 0 Å². The summed E-state index contributed by atoms with van der Waals surface area (Å²) in [5.41, 5.74) is 3.80. The number of aryl methyl sites for hydroxylation is 1. The van der Waals surface area contributed by atoms with E-state index in [1.165, 1.54) is 0 Å². The van der Waals surface area contributed by atoms with E-state index in [0.717, 1.165) is 16.8 Å². The van der Waals surface area contributed by atoms with Crippen LogP contribution in [0.1, 0.15) is 35.3 Å². The van der Waals surface area contributed by atoms with Gasteiger partial charge in [0.2, 0.25) is 0 Å². The maximum atomic E-state index is 12.9. The number of hydrogen-bond acceptors (Lipinski definition) is 3. The lowest BCUT2D eigenvalue weighted by Gasteiger charge is -2.33. The van der Waals surface area contributed by atoms with Crippen molar-refractivity contribution in [3.05, 3.63) is 89.0 Å². The molecular weight excluding hydrogens is 348 g/mol. The van der Waals surface area contributed by atoms with Gasteiger partial charge in [-0.1, -0.05) is 54.1 Å². The van der Waals surface area contributed by atoms with E-state index < -0.39 is 5.54 Å². The molecule has 2 aromatic rings. The van der Waals surface area contributed by atoms with Crippen LogP contribution in [-0.2, 0) is 10.3 Å². The number of ketones is 1. The molecule has 28 heavy (non-hydrogen) atoms. The molecule has 2 aliphatic rings. The molecule has 2 unspecified atom stereocenters. The Morgan fingerprint density at radius 3 is 2.68 bits per heavy atom. The van der Waals surface area contributed by atoms with Crippen LogP contribution in [0.2, 0.25) is 0 Å². The molecule has 142 valence electrons. The van der Waals surface area contributed by atoms with Crippen LogP contribution in [0.15, 0.2) is 72.3 Å². The Kier molecular flexibility index (Phi) is 4.42. The van der Waals surface area contributed by atoms with Gasteiger partial charge in [0.25, 0.3) is 5.91 Å². The number of amides is 1. The third-order valence-corrected chi connectivity index (χ3v) is 5.47. The van der Waals surface area contributed by atoms with Crippen molar-refractivity contribution in [1.82, 2.24) is 5.32 Å². The van der Waals surface area contributed by atoms with E-state index in [2.05, 4.69) is 16.7 Å². The summed E-state index contributed by atoms with van der Waals surface area (Å²) in [7, 11) is 0. The zero-order chi connectivity index (χ0) is 19.9. The molecular formula is C24H24N2O2. The van der Waals surface area contributed by atoms with E-state index in [1.807, 2.05) is 75.4 Å². The van der Waals surface area contributed by atoms with Crippen LogP contribution < -0.4 is 10.6 Å². The van der Waals surface area contributed by atoms with E-state index in [9.17, 15) is 9.59 Å². The van der Waals surface area contributed by atoms with Gasteiger partial charge in [-0.15, -0.1) is 0 Å². The van der Waals surface area contributed by atoms with Crippen LogP contribution in [-0.4, -0.2) is 17.7 Å². The summed E-state index contributed by atoms with van der Waals surface area (Å²) in [5, 5.41) is 6.51. The third kappa shape index (κ3) is 3.26. The molecule has 0 radical (unpaired) electrons. The highest BCUT2D eigenvalue weighted by atomic mass is 16.2. The number of carbonyl (C=O) groups is 2. The van der Waals surface area contributed by atoms with Gasteiger partial charge in [0, 0.05) is 16.8 Å². The summed E-state index contributed by atoms with van der Waals surface area (Å²) >= 11 is 0. The molecule has 4 nitrogen and oxygen atoms in total. The van der Waals surface area contributed by atoms with Crippen molar-refractivity contribution in [1.29, 1.82) is 0 Å². The summed E-state index contributed by atoms with van der Waals surface area (Å²) < 4.78 is 0. The highest BCUT2D eigenvalue weighted by Crippen LogP contribution is 2.33. The first-order chi connectivity index (χ1) is 13.3. The molecule has 2 N–H and O–H groups in total. The van der Waals surface area contributed by atoms with Crippen molar-refractivity contribution in [2.24, 2.45) is 5.92 Å². The summed E-state index contributed by atoms with van der Waals surface area (Å²) in [5.74, 6) is -0.336. The summed E-state index contributed by atoms with van der Waals surface area (Å²) in [6, 6.07) is 15.4. The first-order valence-corrected chi connectivity index (χ1v) is 9.54. The normalized spacial score (nSPS) is 20.5. The number of rotatable bonds is 3. The molecule has 1 amide bonds. The van der Waals surface area contributed by atoms with Crippen LogP contribution in [0.3, 0.4) is 0 Å². The zero-order valence-electron chi connectivity index (χ0n) is 16.3. The number of fused-ring (bicyclic) bond motifs is 2. The minimum Gasteiger partial charge on any atom is -0.377 e. The Bertz CT molecular complexity index is 1020. The van der Waals surface area contributed by atoms with E-state index in [1.54, 1.807) is 6.08 Å². The minimum atomic E-state index is -0.503. The van der Waals surface area contributed by atoms with Crippen molar-refractivity contribution in [3.63, 3.8) is 0 Å². The zero-order valence-corrected chi connectivity index (χ0v) is 16.3. The molecule has 0 saturated carbocycles. The second kappa shape index (κ2) is 6.79. The van der Waals surface area contributed by atoms with Crippen molar-refractivity contribution in [2.45, 2.75) is 32.4 Å². The van der Waals surface area contributed by atoms with E-state index in [4.69, 9.17) is 0 Å². The van der Waals surface area contributed by atoms with Crippen LogP contribution in [0.25, 0.3) is 0 Å². The molecule has 0 spiro atoms. The standard InChI is InChI=1S/C24H24N2O2/c1-15-7-6-8-17(13-15)24(2,3)26-23(28)16-11-12-19-21(14-16)25-20-10-5-4-9-18(20)22(19)27/h4-14,19,21,25H,1-3H3,(H,26,28). The topological polar surface area (TPSA) is 58.2 Å². The van der Waals surface area contributed by atoms with E-state index >= 15 is 0 Å². The molecule has 4 heteroatoms. The second-order valence-corrected chi connectivity index (χ2v) is 8.04.